The third kappa shape index (κ3) is 18.9. The summed E-state index contributed by atoms with van der Waals surface area (Å²) in [7, 11) is -15.2. The number of sulfone groups is 2. The second-order valence-corrected chi connectivity index (χ2v) is 15.1. The molecular weight excluding hydrogens is 879 g/mol. The summed E-state index contributed by atoms with van der Waals surface area (Å²) in [4.78, 5) is 0.0385. The molecule has 0 unspecified atom stereocenters. The number of rotatable bonds is 9. The minimum absolute atomic E-state index is 0. The van der Waals surface area contributed by atoms with Crippen LogP contribution in [0, 0.1) is 19.9 Å². The molecule has 4 aromatic rings. The van der Waals surface area contributed by atoms with Gasteiger partial charge in [0.15, 0.2) is 19.7 Å². The topological polar surface area (TPSA) is 325 Å². The molecule has 0 aromatic heterocycles. The van der Waals surface area contributed by atoms with Crippen molar-refractivity contribution in [2.45, 2.75) is 9.79 Å². The van der Waals surface area contributed by atoms with Crippen LogP contribution in [-0.4, -0.2) is 80.6 Å². The summed E-state index contributed by atoms with van der Waals surface area (Å²) < 4.78 is 114. The summed E-state index contributed by atoms with van der Waals surface area (Å²) in [5, 5.41) is 41.4. The zero-order chi connectivity index (χ0) is 38.1. The first-order valence-electron chi connectivity index (χ1n) is 13.1. The van der Waals surface area contributed by atoms with Gasteiger partial charge in [-0.2, -0.15) is 27.5 Å². The Kier molecular flexibility index (Phi) is 26.1. The van der Waals surface area contributed by atoms with Crippen LogP contribution in [0.15, 0.2) is 90.9 Å². The average molecular weight is 905 g/mol. The van der Waals surface area contributed by atoms with Crippen molar-refractivity contribution in [2.24, 2.45) is 20.5 Å². The number of azo groups is 2. The van der Waals surface area contributed by atoms with Crippen LogP contribution in [0.1, 0.15) is 0 Å². The Hall–Kier alpha value is -1.10. The van der Waals surface area contributed by atoms with E-state index in [0.29, 0.717) is 27.8 Å². The van der Waals surface area contributed by atoms with Crippen molar-refractivity contribution < 1.29 is 168 Å². The van der Waals surface area contributed by atoms with Gasteiger partial charge in [-0.15, -0.1) is 5.11 Å². The standard InChI is InChI=1S/C27H24N5O6S2.Cu.3Na.2H2O4S/c1-4-39(35,36)18-8-6-17(7-9-18)29-32-26-20-11-15-24(27(34)21(20)12-14-23(26)28-3)31-30-22-13-10-19(16-25(22)33)40(37,38)5-2;;;;;2*1-5(2,3)4/h6-14,16,28,33-34H,1-2,4-5H2,3H3;;;;;2*(H2,1,2,3,4)/q-3;;3*+1;;/p-2. The van der Waals surface area contributed by atoms with Crippen molar-refractivity contribution >= 4 is 79.7 Å². The molecule has 19 nitrogen and oxygen atoms in total. The van der Waals surface area contributed by atoms with E-state index in [2.05, 4.69) is 45.7 Å². The first-order valence-corrected chi connectivity index (χ1v) is 19.1. The smallest absolute Gasteiger partial charge is 0.726 e. The minimum atomic E-state index is -4.92. The van der Waals surface area contributed by atoms with Gasteiger partial charge in [0.1, 0.15) is 11.4 Å². The number of nitrogens with zero attached hydrogens (tertiary/aromatic N) is 4. The van der Waals surface area contributed by atoms with E-state index in [1.54, 1.807) is 25.2 Å². The van der Waals surface area contributed by atoms with E-state index in [9.17, 15) is 27.0 Å². The van der Waals surface area contributed by atoms with Crippen molar-refractivity contribution in [3.05, 3.63) is 80.6 Å². The third-order valence-corrected chi connectivity index (χ3v) is 8.92. The summed E-state index contributed by atoms with van der Waals surface area (Å²) in [6.07, 6.45) is 0. The molecule has 5 N–H and O–H groups in total. The van der Waals surface area contributed by atoms with E-state index in [1.165, 1.54) is 36.4 Å². The van der Waals surface area contributed by atoms with Crippen LogP contribution in [0.25, 0.3) is 10.8 Å². The van der Waals surface area contributed by atoms with E-state index >= 15 is 0 Å². The molecule has 54 heavy (non-hydrogen) atoms. The van der Waals surface area contributed by atoms with Crippen LogP contribution in [0.3, 0.4) is 0 Å². The van der Waals surface area contributed by atoms with Gasteiger partial charge in [-0.1, -0.05) is 28.3 Å². The zero-order valence-corrected chi connectivity index (χ0v) is 38.9. The average Bonchev–Trinajstić information content (AvgIpc) is 3.02. The van der Waals surface area contributed by atoms with Gasteiger partial charge in [0.05, 0.1) is 21.2 Å². The monoisotopic (exact) mass is 904 g/mol. The molecule has 0 fully saturated rings. The molecule has 0 heterocycles. The van der Waals surface area contributed by atoms with Crippen LogP contribution in [0.2, 0.25) is 0 Å². The summed E-state index contributed by atoms with van der Waals surface area (Å²) in [5.41, 5.74) is 1.38. The Balaban J connectivity index is -0.00000165. The number of anilines is 1. The Morgan fingerprint density at radius 1 is 0.704 bits per heavy atom. The zero-order valence-electron chi connectivity index (χ0n) is 28.7. The maximum Gasteiger partial charge on any atom is 1.00 e. The summed E-state index contributed by atoms with van der Waals surface area (Å²) in [6, 6.07) is 17.3. The molecule has 0 aliphatic carbocycles. The molecule has 0 spiro atoms. The second-order valence-electron chi connectivity index (χ2n) is 9.20. The van der Waals surface area contributed by atoms with Crippen LogP contribution in [0.5, 0.6) is 11.5 Å². The molecule has 1 radical (unpaired) electrons. The van der Waals surface area contributed by atoms with Gasteiger partial charge in [-0.25, -0.2) is 33.7 Å². The van der Waals surface area contributed by atoms with Crippen LogP contribution in [0.4, 0.5) is 28.4 Å². The van der Waals surface area contributed by atoms with E-state index in [4.69, 9.17) is 35.0 Å². The summed E-state index contributed by atoms with van der Waals surface area (Å²) >= 11 is 0. The van der Waals surface area contributed by atoms with Gasteiger partial charge < -0.3 is 38.5 Å². The molecule has 0 saturated heterocycles. The number of phenols is 2. The number of hydrogen-bond acceptors (Lipinski definition) is 17. The fourth-order valence-corrected chi connectivity index (χ4v) is 5.22. The van der Waals surface area contributed by atoms with Gasteiger partial charge in [0.2, 0.25) is 20.8 Å². The maximum absolute atomic E-state index is 12.0. The fourth-order valence-electron chi connectivity index (χ4n) is 3.63. The minimum Gasteiger partial charge on any atom is -0.726 e. The van der Waals surface area contributed by atoms with E-state index in [1.807, 2.05) is 0 Å². The number of nitrogens with one attached hydrogen (secondary N) is 1. The first kappa shape index (κ1) is 57.2. The molecule has 0 aliphatic heterocycles. The van der Waals surface area contributed by atoms with Crippen molar-refractivity contribution in [3.8, 4) is 11.5 Å². The normalized spacial score (nSPS) is 11.4. The molecule has 0 bridgehead atoms. The Morgan fingerprint density at radius 3 is 1.65 bits per heavy atom. The Bertz CT molecular complexity index is 2330. The summed E-state index contributed by atoms with van der Waals surface area (Å²) in [6.45, 7) is 6.80. The number of benzene rings is 4. The molecule has 27 heteroatoms. The first-order chi connectivity index (χ1) is 23.0. The Morgan fingerprint density at radius 2 is 1.19 bits per heavy atom. The second kappa shape index (κ2) is 24.6. The van der Waals surface area contributed by atoms with Crippen LogP contribution in [-0.2, 0) is 57.5 Å². The van der Waals surface area contributed by atoms with Gasteiger partial charge in [-0.3, -0.25) is 9.11 Å². The Labute approximate surface area is 388 Å². The number of aromatic hydroxyl groups is 2. The van der Waals surface area contributed by atoms with Gasteiger partial charge in [0.25, 0.3) is 0 Å². The van der Waals surface area contributed by atoms with Crippen molar-refractivity contribution in [2.75, 3.05) is 23.9 Å². The fraction of sp³-hybridized carbons (Fsp3) is 0.111. The van der Waals surface area contributed by atoms with Crippen molar-refractivity contribution in [1.82, 2.24) is 0 Å². The predicted octanol–water partition coefficient (Wildman–Crippen LogP) is -4.84. The van der Waals surface area contributed by atoms with E-state index in [0.717, 1.165) is 6.07 Å². The van der Waals surface area contributed by atoms with Crippen molar-refractivity contribution in [1.29, 1.82) is 0 Å². The molecule has 283 valence electrons. The van der Waals surface area contributed by atoms with Gasteiger partial charge >= 0.3 is 88.7 Å². The van der Waals surface area contributed by atoms with Crippen LogP contribution >= 0.6 is 0 Å². The van der Waals surface area contributed by atoms with Crippen molar-refractivity contribution in [3.63, 3.8) is 0 Å². The molecule has 0 atom stereocenters. The molecule has 0 saturated carbocycles. The quantitative estimate of drug-likeness (QED) is 0.0346. The molecule has 0 amide bonds. The molecule has 0 aliphatic rings. The van der Waals surface area contributed by atoms with E-state index in [-0.39, 0.29) is 144 Å². The van der Waals surface area contributed by atoms with Gasteiger partial charge in [0, 0.05) is 47.3 Å². The van der Waals surface area contributed by atoms with Gasteiger partial charge in [-0.05, 0) is 42.5 Å². The van der Waals surface area contributed by atoms with E-state index < -0.39 is 46.2 Å². The molecule has 4 rings (SSSR count). The number of phenolic OH excluding ortho intramolecular Hbond substituents is 2. The number of fused-ring (bicyclic) bond motifs is 1. The molecular formula is C27H26CuN5Na3O14S4-2. The SMILES string of the molecule is O=S(=O)([O-])O.O=S(=O)([O-])O.[CH2-]CS(=O)(=O)c1ccc(N=Nc2c(NC)ccc3c(O)c(N=Nc4ccc(S(=O)(=O)C[CH2-])cc4O)[c-]cc23)cc1.[Cu].[Na+].[Na+].[Na+]. The predicted molar refractivity (Wildman–Crippen MR) is 176 cm³/mol. The summed E-state index contributed by atoms with van der Waals surface area (Å²) in [5.74, 6) is -1.28. The van der Waals surface area contributed by atoms with Crippen LogP contribution < -0.4 is 94.0 Å². The number of hydrogen-bond donors (Lipinski definition) is 5. The molecule has 4 aromatic carbocycles. The largest absolute Gasteiger partial charge is 1.00 e. The third-order valence-electron chi connectivity index (χ3n) is 5.88. The maximum atomic E-state index is 12.0.